The number of nitrogens with one attached hydrogen (secondary N) is 1. The van der Waals surface area contributed by atoms with Crippen molar-refractivity contribution in [2.45, 2.75) is 13.1 Å². The van der Waals surface area contributed by atoms with Crippen LogP contribution in [0.3, 0.4) is 0 Å². The highest BCUT2D eigenvalue weighted by atomic mass is 14.8. The van der Waals surface area contributed by atoms with Gasteiger partial charge in [0.05, 0.1) is 23.3 Å². The molecule has 0 bridgehead atoms. The maximum absolute atomic E-state index is 8.99. The van der Waals surface area contributed by atoms with E-state index in [0.717, 1.165) is 11.1 Å². The van der Waals surface area contributed by atoms with Crippen molar-refractivity contribution < 1.29 is 0 Å². The van der Waals surface area contributed by atoms with Crippen LogP contribution in [0, 0.1) is 22.7 Å². The van der Waals surface area contributed by atoms with Crippen molar-refractivity contribution in [1.82, 2.24) is 5.32 Å². The number of nitriles is 2. The fraction of sp³-hybridized carbons (Fsp3) is 0.125. The van der Waals surface area contributed by atoms with Crippen LogP contribution in [0.5, 0.6) is 0 Å². The molecule has 0 atom stereocenters. The molecule has 0 aliphatic heterocycles. The summed E-state index contributed by atoms with van der Waals surface area (Å²) in [6, 6.07) is 19.3. The van der Waals surface area contributed by atoms with Gasteiger partial charge < -0.3 is 5.32 Å². The Hall–Kier alpha value is -2.62. The third kappa shape index (κ3) is 3.42. The Labute approximate surface area is 112 Å². The zero-order valence-electron chi connectivity index (χ0n) is 10.4. The lowest BCUT2D eigenvalue weighted by Crippen LogP contribution is -2.13. The highest BCUT2D eigenvalue weighted by molar-refractivity contribution is 5.37. The van der Waals surface area contributed by atoms with Gasteiger partial charge in [-0.15, -0.1) is 0 Å². The third-order valence-electron chi connectivity index (χ3n) is 2.84. The summed E-state index contributed by atoms with van der Waals surface area (Å²) in [5.41, 5.74) is 3.41. The van der Waals surface area contributed by atoms with Crippen LogP contribution >= 0.6 is 0 Å². The summed E-state index contributed by atoms with van der Waals surface area (Å²) < 4.78 is 0. The molecule has 3 heteroatoms. The second-order valence-corrected chi connectivity index (χ2v) is 4.18. The van der Waals surface area contributed by atoms with Gasteiger partial charge in [0.2, 0.25) is 0 Å². The molecule has 0 saturated heterocycles. The molecule has 92 valence electrons. The number of hydrogen-bond acceptors (Lipinski definition) is 3. The molecule has 3 nitrogen and oxygen atoms in total. The van der Waals surface area contributed by atoms with Gasteiger partial charge in [-0.25, -0.2) is 0 Å². The molecular weight excluding hydrogens is 234 g/mol. The van der Waals surface area contributed by atoms with Crippen molar-refractivity contribution in [3.05, 3.63) is 70.8 Å². The van der Waals surface area contributed by atoms with E-state index in [9.17, 15) is 0 Å². The predicted octanol–water partition coefficient (Wildman–Crippen LogP) is 2.72. The Morgan fingerprint density at radius 2 is 1.74 bits per heavy atom. The first kappa shape index (κ1) is 12.8. The lowest BCUT2D eigenvalue weighted by molar-refractivity contribution is 0.692. The highest BCUT2D eigenvalue weighted by Gasteiger charge is 2.00. The normalized spacial score (nSPS) is 9.58. The van der Waals surface area contributed by atoms with E-state index in [1.165, 1.54) is 0 Å². The van der Waals surface area contributed by atoms with Crippen molar-refractivity contribution >= 4 is 0 Å². The number of benzene rings is 2. The fourth-order valence-electron chi connectivity index (χ4n) is 1.88. The first-order chi connectivity index (χ1) is 9.33. The summed E-state index contributed by atoms with van der Waals surface area (Å²) in [6.07, 6.45) is 0. The molecular formula is C16H13N3. The summed E-state index contributed by atoms with van der Waals surface area (Å²) in [7, 11) is 0. The van der Waals surface area contributed by atoms with Gasteiger partial charge >= 0.3 is 0 Å². The van der Waals surface area contributed by atoms with E-state index in [1.54, 1.807) is 6.07 Å². The molecule has 0 aliphatic carbocycles. The summed E-state index contributed by atoms with van der Waals surface area (Å²) in [6.45, 7) is 1.32. The van der Waals surface area contributed by atoms with Gasteiger partial charge in [-0.3, -0.25) is 0 Å². The predicted molar refractivity (Wildman–Crippen MR) is 72.9 cm³/mol. The number of hydrogen-bond donors (Lipinski definition) is 1. The van der Waals surface area contributed by atoms with Crippen LogP contribution in [-0.2, 0) is 13.1 Å². The van der Waals surface area contributed by atoms with Crippen LogP contribution in [0.15, 0.2) is 48.5 Å². The average molecular weight is 247 g/mol. The van der Waals surface area contributed by atoms with Gasteiger partial charge in [0.1, 0.15) is 0 Å². The third-order valence-corrected chi connectivity index (χ3v) is 2.84. The Morgan fingerprint density at radius 1 is 0.895 bits per heavy atom. The monoisotopic (exact) mass is 247 g/mol. The second kappa shape index (κ2) is 6.35. The standard InChI is InChI=1S/C16H13N3/c17-9-13-4-3-5-14(8-13)11-19-12-16-7-2-1-6-15(16)10-18/h1-8,19H,11-12H2. The molecule has 0 amide bonds. The Balaban J connectivity index is 1.97. The topological polar surface area (TPSA) is 59.6 Å². The van der Waals surface area contributed by atoms with Crippen molar-refractivity contribution in [2.75, 3.05) is 0 Å². The first-order valence-corrected chi connectivity index (χ1v) is 6.01. The molecule has 0 spiro atoms. The molecule has 0 saturated carbocycles. The van der Waals surface area contributed by atoms with Crippen LogP contribution < -0.4 is 5.32 Å². The number of nitrogens with zero attached hydrogens (tertiary/aromatic N) is 2. The molecule has 1 N–H and O–H groups in total. The van der Waals surface area contributed by atoms with E-state index in [2.05, 4.69) is 17.5 Å². The van der Waals surface area contributed by atoms with Crippen molar-refractivity contribution in [3.63, 3.8) is 0 Å². The zero-order chi connectivity index (χ0) is 13.5. The second-order valence-electron chi connectivity index (χ2n) is 4.18. The lowest BCUT2D eigenvalue weighted by atomic mass is 10.1. The Bertz CT molecular complexity index is 648. The summed E-state index contributed by atoms with van der Waals surface area (Å²) in [4.78, 5) is 0. The minimum absolute atomic E-state index is 0.639. The summed E-state index contributed by atoms with van der Waals surface area (Å²) in [5.74, 6) is 0. The summed E-state index contributed by atoms with van der Waals surface area (Å²) in [5, 5.41) is 21.1. The van der Waals surface area contributed by atoms with Gasteiger partial charge in [-0.1, -0.05) is 30.3 Å². The number of rotatable bonds is 4. The van der Waals surface area contributed by atoms with Crippen molar-refractivity contribution in [1.29, 1.82) is 10.5 Å². The van der Waals surface area contributed by atoms with E-state index >= 15 is 0 Å². The minimum atomic E-state index is 0.639. The molecule has 2 aromatic rings. The molecule has 2 aromatic carbocycles. The van der Waals surface area contributed by atoms with Gasteiger partial charge in [0.15, 0.2) is 0 Å². The van der Waals surface area contributed by atoms with Gasteiger partial charge in [0.25, 0.3) is 0 Å². The maximum atomic E-state index is 8.99. The van der Waals surface area contributed by atoms with Crippen LogP contribution in [-0.4, -0.2) is 0 Å². The largest absolute Gasteiger partial charge is 0.309 e. The van der Waals surface area contributed by atoms with E-state index in [4.69, 9.17) is 10.5 Å². The van der Waals surface area contributed by atoms with Crippen LogP contribution in [0.2, 0.25) is 0 Å². The zero-order valence-corrected chi connectivity index (χ0v) is 10.4. The quantitative estimate of drug-likeness (QED) is 0.903. The molecule has 0 heterocycles. The first-order valence-electron chi connectivity index (χ1n) is 6.01. The molecule has 0 fully saturated rings. The average Bonchev–Trinajstić information content (AvgIpc) is 2.48. The van der Waals surface area contributed by atoms with Gasteiger partial charge in [-0.2, -0.15) is 10.5 Å². The van der Waals surface area contributed by atoms with Crippen LogP contribution in [0.1, 0.15) is 22.3 Å². The Kier molecular flexibility index (Phi) is 4.29. The smallest absolute Gasteiger partial charge is 0.0995 e. The molecule has 0 radical (unpaired) electrons. The van der Waals surface area contributed by atoms with E-state index in [0.29, 0.717) is 24.2 Å². The van der Waals surface area contributed by atoms with Crippen molar-refractivity contribution in [3.8, 4) is 12.1 Å². The van der Waals surface area contributed by atoms with Crippen LogP contribution in [0.4, 0.5) is 0 Å². The lowest BCUT2D eigenvalue weighted by Gasteiger charge is -2.06. The molecule has 0 aromatic heterocycles. The molecule has 0 unspecified atom stereocenters. The minimum Gasteiger partial charge on any atom is -0.309 e. The van der Waals surface area contributed by atoms with E-state index in [-0.39, 0.29) is 0 Å². The van der Waals surface area contributed by atoms with Crippen molar-refractivity contribution in [2.24, 2.45) is 0 Å². The van der Waals surface area contributed by atoms with E-state index < -0.39 is 0 Å². The Morgan fingerprint density at radius 3 is 2.53 bits per heavy atom. The SMILES string of the molecule is N#Cc1cccc(CNCc2ccccc2C#N)c1. The van der Waals surface area contributed by atoms with Gasteiger partial charge in [-0.05, 0) is 29.3 Å². The van der Waals surface area contributed by atoms with E-state index in [1.807, 2.05) is 42.5 Å². The maximum Gasteiger partial charge on any atom is 0.0995 e. The molecule has 19 heavy (non-hydrogen) atoms. The fourth-order valence-corrected chi connectivity index (χ4v) is 1.88. The van der Waals surface area contributed by atoms with Gasteiger partial charge in [0, 0.05) is 13.1 Å². The molecule has 0 aliphatic rings. The molecule has 2 rings (SSSR count). The summed E-state index contributed by atoms with van der Waals surface area (Å²) >= 11 is 0. The van der Waals surface area contributed by atoms with Crippen LogP contribution in [0.25, 0.3) is 0 Å². The highest BCUT2D eigenvalue weighted by Crippen LogP contribution is 2.08.